The monoisotopic (exact) mass is 372 g/mol. The molecule has 0 aliphatic carbocycles. The van der Waals surface area contributed by atoms with Crippen molar-refractivity contribution >= 4 is 11.7 Å². The lowest BCUT2D eigenvalue weighted by molar-refractivity contribution is 0.0596. The summed E-state index contributed by atoms with van der Waals surface area (Å²) in [6, 6.07) is 3.49. The Kier molecular flexibility index (Phi) is 6.39. The summed E-state index contributed by atoms with van der Waals surface area (Å²) in [5.41, 5.74) is 6.59. The number of hydrogen-bond donors (Lipinski definition) is 2. The predicted molar refractivity (Wildman–Crippen MR) is 102 cm³/mol. The zero-order valence-corrected chi connectivity index (χ0v) is 16.0. The number of rotatable bonds is 6. The molecule has 0 aromatic carbocycles. The minimum atomic E-state index is -0.171. The molecule has 0 radical (unpaired) electrons. The molecule has 3 heterocycles. The smallest absolute Gasteiger partial charge is 0.293 e. The molecule has 3 N–H and O–H groups in total. The van der Waals surface area contributed by atoms with E-state index >= 15 is 0 Å². The molecular formula is C19H28N6O2. The van der Waals surface area contributed by atoms with E-state index in [0.29, 0.717) is 18.2 Å². The normalized spacial score (nSPS) is 18.7. The van der Waals surface area contributed by atoms with E-state index in [1.807, 2.05) is 4.90 Å². The summed E-state index contributed by atoms with van der Waals surface area (Å²) in [4.78, 5) is 23.6. The molecule has 3 rings (SSSR count). The highest BCUT2D eigenvalue weighted by Gasteiger charge is 2.29. The second-order valence-corrected chi connectivity index (χ2v) is 7.09. The Bertz CT molecular complexity index is 754. The van der Waals surface area contributed by atoms with Crippen LogP contribution < -0.4 is 11.1 Å². The highest BCUT2D eigenvalue weighted by molar-refractivity contribution is 5.91. The van der Waals surface area contributed by atoms with E-state index in [9.17, 15) is 4.79 Å². The van der Waals surface area contributed by atoms with Gasteiger partial charge in [0.15, 0.2) is 0 Å². The molecule has 0 bridgehead atoms. The minimum absolute atomic E-state index is 0.0923. The quantitative estimate of drug-likeness (QED) is 0.801. The number of anilines is 1. The van der Waals surface area contributed by atoms with E-state index < -0.39 is 0 Å². The number of nitrogens with one attached hydrogen (secondary N) is 1. The first-order chi connectivity index (χ1) is 13.1. The van der Waals surface area contributed by atoms with Crippen LogP contribution in [0.15, 0.2) is 22.9 Å². The van der Waals surface area contributed by atoms with Crippen LogP contribution in [0.5, 0.6) is 0 Å². The second kappa shape index (κ2) is 8.94. The van der Waals surface area contributed by atoms with Crippen LogP contribution in [0.1, 0.15) is 67.5 Å². The lowest BCUT2D eigenvalue weighted by atomic mass is 10.0. The Balaban J connectivity index is 1.85. The van der Waals surface area contributed by atoms with Crippen molar-refractivity contribution in [2.24, 2.45) is 0 Å². The predicted octanol–water partition coefficient (Wildman–Crippen LogP) is 2.34. The summed E-state index contributed by atoms with van der Waals surface area (Å²) in [5, 5.41) is 7.47. The molecule has 2 unspecified atom stereocenters. The van der Waals surface area contributed by atoms with Crippen molar-refractivity contribution in [2.75, 3.05) is 18.8 Å². The number of nitrogen functional groups attached to an aromatic ring is 1. The highest BCUT2D eigenvalue weighted by atomic mass is 16.5. The van der Waals surface area contributed by atoms with Crippen molar-refractivity contribution in [1.82, 2.24) is 25.3 Å². The summed E-state index contributed by atoms with van der Waals surface area (Å²) in [6.45, 7) is 6.30. The van der Waals surface area contributed by atoms with Crippen molar-refractivity contribution in [3.63, 3.8) is 0 Å². The molecule has 0 saturated carbocycles. The standard InChI is InChI=1S/C19H28N6O2/c1-3-13(2)15-11-16(27-24-15)19(26)25(14-5-4-8-21-9-6-14)12-18-22-10-7-17(20)23-18/h7,10-11,13-14,21H,3-6,8-9,12H2,1-2H3,(H2,20,22,23). The molecule has 8 heteroatoms. The van der Waals surface area contributed by atoms with Crippen LogP contribution in [0.2, 0.25) is 0 Å². The van der Waals surface area contributed by atoms with Crippen LogP contribution in [0.3, 0.4) is 0 Å². The Morgan fingerprint density at radius 2 is 2.30 bits per heavy atom. The molecule has 1 aliphatic rings. The van der Waals surface area contributed by atoms with Gasteiger partial charge in [-0.05, 0) is 44.8 Å². The number of carbonyl (C=O) groups excluding carboxylic acids is 1. The molecule has 1 amide bonds. The maximum atomic E-state index is 13.3. The maximum Gasteiger partial charge on any atom is 0.293 e. The third kappa shape index (κ3) is 4.82. The fourth-order valence-corrected chi connectivity index (χ4v) is 3.30. The van der Waals surface area contributed by atoms with Crippen LogP contribution >= 0.6 is 0 Å². The van der Waals surface area contributed by atoms with E-state index in [4.69, 9.17) is 10.3 Å². The fraction of sp³-hybridized carbons (Fsp3) is 0.579. The number of carbonyl (C=O) groups is 1. The molecular weight excluding hydrogens is 344 g/mol. The molecule has 2 atom stereocenters. The van der Waals surface area contributed by atoms with Gasteiger partial charge >= 0.3 is 0 Å². The Morgan fingerprint density at radius 1 is 1.44 bits per heavy atom. The lowest BCUT2D eigenvalue weighted by Crippen LogP contribution is -2.40. The number of hydrogen-bond acceptors (Lipinski definition) is 7. The average Bonchev–Trinajstić information content (AvgIpc) is 3.01. The first-order valence-electron chi connectivity index (χ1n) is 9.64. The maximum absolute atomic E-state index is 13.3. The van der Waals surface area contributed by atoms with Crippen LogP contribution in [-0.2, 0) is 6.54 Å². The van der Waals surface area contributed by atoms with E-state index in [-0.39, 0.29) is 23.6 Å². The van der Waals surface area contributed by atoms with Gasteiger partial charge in [-0.1, -0.05) is 19.0 Å². The van der Waals surface area contributed by atoms with Crippen molar-refractivity contribution in [1.29, 1.82) is 0 Å². The number of nitrogens with two attached hydrogens (primary N) is 1. The first-order valence-corrected chi connectivity index (χ1v) is 9.64. The largest absolute Gasteiger partial charge is 0.384 e. The molecule has 1 fully saturated rings. The zero-order chi connectivity index (χ0) is 19.2. The van der Waals surface area contributed by atoms with Gasteiger partial charge in [0, 0.05) is 24.2 Å². The number of nitrogens with zero attached hydrogens (tertiary/aromatic N) is 4. The highest BCUT2D eigenvalue weighted by Crippen LogP contribution is 2.22. The Labute approximate surface area is 159 Å². The zero-order valence-electron chi connectivity index (χ0n) is 16.0. The minimum Gasteiger partial charge on any atom is -0.384 e. The van der Waals surface area contributed by atoms with Crippen molar-refractivity contribution in [2.45, 2.75) is 58.0 Å². The summed E-state index contributed by atoms with van der Waals surface area (Å²) >= 11 is 0. The molecule has 1 aliphatic heterocycles. The Hall–Kier alpha value is -2.48. The van der Waals surface area contributed by atoms with Gasteiger partial charge in [0.25, 0.3) is 5.91 Å². The van der Waals surface area contributed by atoms with Crippen LogP contribution in [-0.4, -0.2) is 45.1 Å². The van der Waals surface area contributed by atoms with Gasteiger partial charge in [-0.15, -0.1) is 0 Å². The third-order valence-corrected chi connectivity index (χ3v) is 5.14. The van der Waals surface area contributed by atoms with Crippen LogP contribution in [0.25, 0.3) is 0 Å². The summed E-state index contributed by atoms with van der Waals surface area (Å²) < 4.78 is 5.39. The molecule has 2 aromatic rings. The molecule has 146 valence electrons. The van der Waals surface area contributed by atoms with Crippen molar-refractivity contribution in [3.8, 4) is 0 Å². The second-order valence-electron chi connectivity index (χ2n) is 7.09. The average molecular weight is 372 g/mol. The topological polar surface area (TPSA) is 110 Å². The summed E-state index contributed by atoms with van der Waals surface area (Å²) in [5.74, 6) is 1.28. The van der Waals surface area contributed by atoms with E-state index in [2.05, 4.69) is 34.3 Å². The van der Waals surface area contributed by atoms with Gasteiger partial charge in [-0.2, -0.15) is 0 Å². The number of amides is 1. The van der Waals surface area contributed by atoms with E-state index in [1.54, 1.807) is 18.3 Å². The Morgan fingerprint density at radius 3 is 3.07 bits per heavy atom. The van der Waals surface area contributed by atoms with Gasteiger partial charge in [-0.3, -0.25) is 4.79 Å². The van der Waals surface area contributed by atoms with Gasteiger partial charge < -0.3 is 20.5 Å². The van der Waals surface area contributed by atoms with E-state index in [0.717, 1.165) is 44.5 Å². The molecule has 27 heavy (non-hydrogen) atoms. The van der Waals surface area contributed by atoms with Gasteiger partial charge in [-0.25, -0.2) is 9.97 Å². The van der Waals surface area contributed by atoms with Crippen LogP contribution in [0.4, 0.5) is 5.82 Å². The third-order valence-electron chi connectivity index (χ3n) is 5.14. The van der Waals surface area contributed by atoms with Crippen molar-refractivity contribution < 1.29 is 9.32 Å². The molecule has 0 spiro atoms. The van der Waals surface area contributed by atoms with Gasteiger partial charge in [0.05, 0.1) is 12.2 Å². The molecule has 2 aromatic heterocycles. The molecule has 8 nitrogen and oxygen atoms in total. The SMILES string of the molecule is CCC(C)c1cc(C(=O)N(Cc2nccc(N)n2)C2CCCNCC2)on1. The summed E-state index contributed by atoms with van der Waals surface area (Å²) in [6.07, 6.45) is 5.37. The van der Waals surface area contributed by atoms with Gasteiger partial charge in [0.2, 0.25) is 5.76 Å². The first kappa shape index (κ1) is 19.3. The van der Waals surface area contributed by atoms with Gasteiger partial charge in [0.1, 0.15) is 11.6 Å². The molecule has 1 saturated heterocycles. The number of aromatic nitrogens is 3. The van der Waals surface area contributed by atoms with E-state index in [1.165, 1.54) is 0 Å². The fourth-order valence-electron chi connectivity index (χ4n) is 3.30. The van der Waals surface area contributed by atoms with Crippen molar-refractivity contribution in [3.05, 3.63) is 35.6 Å². The summed E-state index contributed by atoms with van der Waals surface area (Å²) in [7, 11) is 0. The lowest BCUT2D eigenvalue weighted by Gasteiger charge is -2.29. The van der Waals surface area contributed by atoms with Crippen LogP contribution in [0, 0.1) is 0 Å².